The van der Waals surface area contributed by atoms with Gasteiger partial charge in [0.15, 0.2) is 0 Å². The first kappa shape index (κ1) is 10.8. The van der Waals surface area contributed by atoms with Gasteiger partial charge in [0.2, 0.25) is 0 Å². The molecule has 1 aliphatic rings. The van der Waals surface area contributed by atoms with E-state index < -0.39 is 0 Å². The van der Waals surface area contributed by atoms with Crippen LogP contribution in [0.4, 0.5) is 0 Å². The molecule has 0 spiro atoms. The third-order valence-electron chi connectivity index (χ3n) is 3.41. The lowest BCUT2D eigenvalue weighted by Crippen LogP contribution is -2.09. The summed E-state index contributed by atoms with van der Waals surface area (Å²) in [5, 5.41) is 0.839. The third-order valence-corrected chi connectivity index (χ3v) is 3.78. The van der Waals surface area contributed by atoms with Crippen LogP contribution in [0.3, 0.4) is 0 Å². The van der Waals surface area contributed by atoms with E-state index in [1.165, 1.54) is 29.8 Å². The molecule has 17 heavy (non-hydrogen) atoms. The van der Waals surface area contributed by atoms with Crippen molar-refractivity contribution in [2.75, 3.05) is 0 Å². The summed E-state index contributed by atoms with van der Waals surface area (Å²) in [5.74, 6) is 0. The van der Waals surface area contributed by atoms with Crippen LogP contribution in [0.25, 0.3) is 0 Å². The van der Waals surface area contributed by atoms with Gasteiger partial charge in [0, 0.05) is 10.7 Å². The van der Waals surface area contributed by atoms with E-state index in [0.717, 1.165) is 24.4 Å². The third kappa shape index (κ3) is 2.09. The second-order valence-electron chi connectivity index (χ2n) is 4.56. The van der Waals surface area contributed by atoms with Crippen molar-refractivity contribution in [1.29, 1.82) is 0 Å². The Morgan fingerprint density at radius 1 is 1.18 bits per heavy atom. The molecule has 88 valence electrons. The zero-order valence-electron chi connectivity index (χ0n) is 9.69. The highest BCUT2D eigenvalue weighted by atomic mass is 35.5. The Morgan fingerprint density at radius 3 is 2.88 bits per heavy atom. The number of aromatic nitrogens is 2. The maximum atomic E-state index is 6.19. The zero-order chi connectivity index (χ0) is 11.7. The summed E-state index contributed by atoms with van der Waals surface area (Å²) in [7, 11) is 0. The van der Waals surface area contributed by atoms with Crippen LogP contribution < -0.4 is 0 Å². The van der Waals surface area contributed by atoms with Crippen molar-refractivity contribution in [3.63, 3.8) is 0 Å². The first-order chi connectivity index (χ1) is 8.34. The van der Waals surface area contributed by atoms with Gasteiger partial charge in [0.1, 0.15) is 0 Å². The van der Waals surface area contributed by atoms with E-state index in [1.54, 1.807) is 0 Å². The SMILES string of the molecule is Clc1ccccc1Cn1cnc2c1CCCC2. The van der Waals surface area contributed by atoms with Gasteiger partial charge in [0.25, 0.3) is 0 Å². The highest BCUT2D eigenvalue weighted by molar-refractivity contribution is 6.31. The highest BCUT2D eigenvalue weighted by Gasteiger charge is 2.15. The molecule has 0 fully saturated rings. The Morgan fingerprint density at radius 2 is 2.00 bits per heavy atom. The summed E-state index contributed by atoms with van der Waals surface area (Å²) in [5.41, 5.74) is 3.85. The van der Waals surface area contributed by atoms with E-state index in [0.29, 0.717) is 0 Å². The molecule has 1 aliphatic carbocycles. The van der Waals surface area contributed by atoms with Gasteiger partial charge in [-0.25, -0.2) is 4.98 Å². The Hall–Kier alpha value is -1.28. The predicted octanol–water partition coefficient (Wildman–Crippen LogP) is 3.46. The number of halogens is 1. The standard InChI is InChI=1S/C14H15ClN2/c15-12-6-2-1-5-11(12)9-17-10-16-13-7-3-4-8-14(13)17/h1-2,5-6,10H,3-4,7-9H2. The van der Waals surface area contributed by atoms with Gasteiger partial charge in [-0.3, -0.25) is 0 Å². The van der Waals surface area contributed by atoms with Crippen LogP contribution in [-0.2, 0) is 19.4 Å². The molecule has 0 unspecified atom stereocenters. The van der Waals surface area contributed by atoms with Gasteiger partial charge in [-0.1, -0.05) is 29.8 Å². The Balaban J connectivity index is 1.91. The van der Waals surface area contributed by atoms with Gasteiger partial charge < -0.3 is 4.57 Å². The molecule has 0 atom stereocenters. The fourth-order valence-electron chi connectivity index (χ4n) is 2.48. The van der Waals surface area contributed by atoms with Crippen LogP contribution >= 0.6 is 11.6 Å². The highest BCUT2D eigenvalue weighted by Crippen LogP contribution is 2.22. The van der Waals surface area contributed by atoms with Gasteiger partial charge >= 0.3 is 0 Å². The molecule has 0 saturated carbocycles. The smallest absolute Gasteiger partial charge is 0.0954 e. The Bertz CT molecular complexity index is 531. The van der Waals surface area contributed by atoms with Crippen LogP contribution in [0.5, 0.6) is 0 Å². The molecule has 1 heterocycles. The summed E-state index contributed by atoms with van der Waals surface area (Å²) >= 11 is 6.19. The molecule has 0 saturated heterocycles. The van der Waals surface area contributed by atoms with Gasteiger partial charge in [-0.2, -0.15) is 0 Å². The van der Waals surface area contributed by atoms with E-state index in [4.69, 9.17) is 11.6 Å². The summed E-state index contributed by atoms with van der Waals surface area (Å²) in [6.45, 7) is 0.835. The van der Waals surface area contributed by atoms with E-state index in [1.807, 2.05) is 24.5 Å². The predicted molar refractivity (Wildman–Crippen MR) is 69.4 cm³/mol. The molecule has 0 aliphatic heterocycles. The van der Waals surface area contributed by atoms with E-state index in [-0.39, 0.29) is 0 Å². The van der Waals surface area contributed by atoms with Crippen molar-refractivity contribution < 1.29 is 0 Å². The summed E-state index contributed by atoms with van der Waals surface area (Å²) < 4.78 is 2.25. The van der Waals surface area contributed by atoms with Crippen molar-refractivity contribution in [2.45, 2.75) is 32.2 Å². The fraction of sp³-hybridized carbons (Fsp3) is 0.357. The number of hydrogen-bond donors (Lipinski definition) is 0. The second-order valence-corrected chi connectivity index (χ2v) is 4.97. The zero-order valence-corrected chi connectivity index (χ0v) is 10.5. The number of imidazole rings is 1. The van der Waals surface area contributed by atoms with Crippen LogP contribution in [0.1, 0.15) is 29.8 Å². The number of fused-ring (bicyclic) bond motifs is 1. The molecule has 2 aromatic rings. The van der Waals surface area contributed by atoms with Crippen LogP contribution in [-0.4, -0.2) is 9.55 Å². The Labute approximate surface area is 106 Å². The summed E-state index contributed by atoms with van der Waals surface area (Å²) in [4.78, 5) is 4.50. The monoisotopic (exact) mass is 246 g/mol. The molecule has 0 amide bonds. The van der Waals surface area contributed by atoms with E-state index in [2.05, 4.69) is 15.6 Å². The van der Waals surface area contributed by atoms with Crippen molar-refractivity contribution in [3.05, 3.63) is 52.6 Å². The van der Waals surface area contributed by atoms with Crippen LogP contribution in [0.2, 0.25) is 5.02 Å². The second kappa shape index (κ2) is 4.53. The first-order valence-corrected chi connectivity index (χ1v) is 6.48. The summed E-state index contributed by atoms with van der Waals surface area (Å²) in [6.07, 6.45) is 6.79. The number of nitrogens with zero attached hydrogens (tertiary/aromatic N) is 2. The van der Waals surface area contributed by atoms with Crippen LogP contribution in [0.15, 0.2) is 30.6 Å². The lowest BCUT2D eigenvalue weighted by Gasteiger charge is -2.14. The molecule has 1 aromatic carbocycles. The molecule has 0 N–H and O–H groups in total. The molecular formula is C14H15ClN2. The first-order valence-electron chi connectivity index (χ1n) is 6.11. The minimum atomic E-state index is 0.835. The maximum Gasteiger partial charge on any atom is 0.0954 e. The van der Waals surface area contributed by atoms with Crippen LogP contribution in [0, 0.1) is 0 Å². The number of hydrogen-bond acceptors (Lipinski definition) is 1. The van der Waals surface area contributed by atoms with Gasteiger partial charge in [0.05, 0.1) is 18.6 Å². The molecule has 3 heteroatoms. The molecule has 1 aromatic heterocycles. The fourth-order valence-corrected chi connectivity index (χ4v) is 2.67. The largest absolute Gasteiger partial charge is 0.330 e. The van der Waals surface area contributed by atoms with Crippen molar-refractivity contribution in [3.8, 4) is 0 Å². The number of rotatable bonds is 2. The normalized spacial score (nSPS) is 14.6. The molecular weight excluding hydrogens is 232 g/mol. The molecule has 0 radical (unpaired) electrons. The minimum absolute atomic E-state index is 0.835. The van der Waals surface area contributed by atoms with Gasteiger partial charge in [-0.15, -0.1) is 0 Å². The minimum Gasteiger partial charge on any atom is -0.330 e. The average Bonchev–Trinajstić information content (AvgIpc) is 2.76. The van der Waals surface area contributed by atoms with E-state index in [9.17, 15) is 0 Å². The lowest BCUT2D eigenvalue weighted by atomic mass is 10.0. The average molecular weight is 247 g/mol. The van der Waals surface area contributed by atoms with E-state index >= 15 is 0 Å². The topological polar surface area (TPSA) is 17.8 Å². The van der Waals surface area contributed by atoms with Gasteiger partial charge in [-0.05, 0) is 37.3 Å². The summed E-state index contributed by atoms with van der Waals surface area (Å²) in [6, 6.07) is 8.03. The number of aryl methyl sites for hydroxylation is 1. The quantitative estimate of drug-likeness (QED) is 0.794. The Kier molecular flexibility index (Phi) is 2.89. The number of benzene rings is 1. The van der Waals surface area contributed by atoms with Crippen molar-refractivity contribution >= 4 is 11.6 Å². The maximum absolute atomic E-state index is 6.19. The van der Waals surface area contributed by atoms with Crippen molar-refractivity contribution in [2.24, 2.45) is 0 Å². The molecule has 0 bridgehead atoms. The van der Waals surface area contributed by atoms with Crippen molar-refractivity contribution in [1.82, 2.24) is 9.55 Å². The lowest BCUT2D eigenvalue weighted by molar-refractivity contribution is 0.628. The molecule has 3 rings (SSSR count). The molecule has 2 nitrogen and oxygen atoms in total.